The quantitative estimate of drug-likeness (QED) is 0.379. The fourth-order valence-electron chi connectivity index (χ4n) is 4.20. The highest BCUT2D eigenvalue weighted by atomic mass is 16.3. The van der Waals surface area contributed by atoms with E-state index in [1.807, 2.05) is 30.7 Å². The van der Waals surface area contributed by atoms with Gasteiger partial charge in [-0.3, -0.25) is 9.56 Å². The van der Waals surface area contributed by atoms with E-state index in [1.54, 1.807) is 6.26 Å². The summed E-state index contributed by atoms with van der Waals surface area (Å²) < 4.78 is 7.92. The molecule has 0 spiro atoms. The van der Waals surface area contributed by atoms with Crippen LogP contribution in [0.4, 0.5) is 0 Å². The van der Waals surface area contributed by atoms with Gasteiger partial charge in [-0.15, -0.1) is 0 Å². The summed E-state index contributed by atoms with van der Waals surface area (Å²) in [6, 6.07) is 18.9. The summed E-state index contributed by atoms with van der Waals surface area (Å²) in [6.45, 7) is 0. The van der Waals surface area contributed by atoms with Gasteiger partial charge in [0.2, 0.25) is 0 Å². The minimum Gasteiger partial charge on any atom is -0.464 e. The molecule has 0 unspecified atom stereocenters. The molecular weight excluding hydrogens is 346 g/mol. The maximum Gasteiger partial charge on any atom is 0.138 e. The lowest BCUT2D eigenvalue weighted by atomic mass is 10.0. The molecule has 1 aliphatic heterocycles. The lowest BCUT2D eigenvalue weighted by Gasteiger charge is -2.12. The molecule has 0 amide bonds. The van der Waals surface area contributed by atoms with Crippen molar-refractivity contribution in [2.75, 3.05) is 0 Å². The van der Waals surface area contributed by atoms with E-state index in [1.165, 1.54) is 21.9 Å². The average Bonchev–Trinajstić information content (AvgIpc) is 3.37. The molecule has 2 aromatic carbocycles. The van der Waals surface area contributed by atoms with Crippen molar-refractivity contribution >= 4 is 44.6 Å². The Bertz CT molecular complexity index is 1420. The first-order valence-electron chi connectivity index (χ1n) is 9.47. The van der Waals surface area contributed by atoms with Gasteiger partial charge in [-0.2, -0.15) is 0 Å². The van der Waals surface area contributed by atoms with Crippen LogP contribution in [-0.4, -0.2) is 15.8 Å². The van der Waals surface area contributed by atoms with Crippen molar-refractivity contribution in [2.45, 2.75) is 12.8 Å². The number of nitrogens with zero attached hydrogens (tertiary/aromatic N) is 3. The number of pyridine rings is 1. The molecule has 6 rings (SSSR count). The molecule has 0 saturated heterocycles. The first-order chi connectivity index (χ1) is 13.9. The third-order valence-electron chi connectivity index (χ3n) is 5.49. The van der Waals surface area contributed by atoms with E-state index in [0.717, 1.165) is 40.7 Å². The van der Waals surface area contributed by atoms with E-state index in [0.29, 0.717) is 0 Å². The second-order valence-electron chi connectivity index (χ2n) is 7.07. The first-order valence-corrected chi connectivity index (χ1v) is 9.47. The minimum absolute atomic E-state index is 0.886. The van der Waals surface area contributed by atoms with E-state index < -0.39 is 0 Å². The lowest BCUT2D eigenvalue weighted by Crippen LogP contribution is -1.99. The maximum atomic E-state index is 5.67. The molecule has 4 heteroatoms. The molecule has 0 saturated carbocycles. The van der Waals surface area contributed by atoms with Crippen LogP contribution in [0.3, 0.4) is 0 Å². The largest absolute Gasteiger partial charge is 0.464 e. The summed E-state index contributed by atoms with van der Waals surface area (Å²) in [5.41, 5.74) is 5.59. The summed E-state index contributed by atoms with van der Waals surface area (Å²) in [7, 11) is 0. The second-order valence-corrected chi connectivity index (χ2v) is 7.07. The van der Waals surface area contributed by atoms with Crippen molar-refractivity contribution in [3.63, 3.8) is 0 Å². The highest BCUT2D eigenvalue weighted by molar-refractivity contribution is 6.17. The van der Waals surface area contributed by atoms with Crippen LogP contribution in [0.1, 0.15) is 18.4 Å². The van der Waals surface area contributed by atoms with Crippen LogP contribution in [0, 0.1) is 0 Å². The molecule has 4 heterocycles. The smallest absolute Gasteiger partial charge is 0.138 e. The van der Waals surface area contributed by atoms with Crippen molar-refractivity contribution in [1.82, 2.24) is 9.55 Å². The molecule has 0 atom stereocenters. The molecule has 1 aliphatic rings. The summed E-state index contributed by atoms with van der Waals surface area (Å²) in [5, 5.41) is 3.52. The molecule has 28 heavy (non-hydrogen) atoms. The number of hydrogen-bond acceptors (Lipinski definition) is 3. The Hall–Kier alpha value is -3.66. The molecular formula is C24H17N3O. The average molecular weight is 363 g/mol. The number of aliphatic imine (C=N–C) groups is 1. The number of benzene rings is 2. The van der Waals surface area contributed by atoms with E-state index in [2.05, 4.69) is 52.0 Å². The number of fused-ring (bicyclic) bond motifs is 5. The highest BCUT2D eigenvalue weighted by Crippen LogP contribution is 2.36. The van der Waals surface area contributed by atoms with Crippen molar-refractivity contribution in [3.8, 4) is 5.82 Å². The summed E-state index contributed by atoms with van der Waals surface area (Å²) in [4.78, 5) is 9.07. The summed E-state index contributed by atoms with van der Waals surface area (Å²) in [5.74, 6) is 0.910. The van der Waals surface area contributed by atoms with Gasteiger partial charge in [0.05, 0.1) is 17.3 Å². The predicted molar refractivity (Wildman–Crippen MR) is 114 cm³/mol. The number of furan rings is 1. The number of aromatic nitrogens is 2. The Morgan fingerprint density at radius 3 is 2.82 bits per heavy atom. The standard InChI is InChI=1S/C24H17N3O/c1-2-6-21-18(5-1)19-7-8-22-20(10-13-28-22)24(19)27(21)23-14-16(9-12-26-23)17-4-3-11-25-15-17/h1-2,5-15H,3-4H2. The van der Waals surface area contributed by atoms with Crippen LogP contribution in [0.25, 0.3) is 44.2 Å². The normalized spacial score (nSPS) is 14.2. The van der Waals surface area contributed by atoms with E-state index in [4.69, 9.17) is 9.40 Å². The fraction of sp³-hybridized carbons (Fsp3) is 0.0833. The van der Waals surface area contributed by atoms with E-state index in [-0.39, 0.29) is 0 Å². The third-order valence-corrected chi connectivity index (χ3v) is 5.49. The van der Waals surface area contributed by atoms with Crippen molar-refractivity contribution in [1.29, 1.82) is 0 Å². The SMILES string of the molecule is C1=NC=C(c2ccnc(-n3c4ccccc4c4ccc5occc5c43)c2)CC1. The van der Waals surface area contributed by atoms with Crippen LogP contribution in [0.15, 0.2) is 82.7 Å². The Labute approximate surface area is 161 Å². The molecule has 0 N–H and O–H groups in total. The molecule has 0 bridgehead atoms. The Balaban J connectivity index is 1.71. The topological polar surface area (TPSA) is 43.3 Å². The van der Waals surface area contributed by atoms with Crippen LogP contribution < -0.4 is 0 Å². The number of para-hydroxylation sites is 1. The molecule has 3 aromatic heterocycles. The predicted octanol–water partition coefficient (Wildman–Crippen LogP) is 6.13. The van der Waals surface area contributed by atoms with Crippen molar-refractivity contribution in [2.24, 2.45) is 4.99 Å². The van der Waals surface area contributed by atoms with Crippen molar-refractivity contribution < 1.29 is 4.42 Å². The van der Waals surface area contributed by atoms with Crippen LogP contribution >= 0.6 is 0 Å². The van der Waals surface area contributed by atoms with Gasteiger partial charge in [-0.1, -0.05) is 18.2 Å². The third kappa shape index (κ3) is 2.18. The lowest BCUT2D eigenvalue weighted by molar-refractivity contribution is 0.616. The van der Waals surface area contributed by atoms with Crippen molar-refractivity contribution in [3.05, 3.63) is 78.8 Å². The highest BCUT2D eigenvalue weighted by Gasteiger charge is 2.17. The van der Waals surface area contributed by atoms with Gasteiger partial charge < -0.3 is 4.42 Å². The van der Waals surface area contributed by atoms with Crippen LogP contribution in [0.2, 0.25) is 0 Å². The first kappa shape index (κ1) is 15.4. The molecule has 0 fully saturated rings. The van der Waals surface area contributed by atoms with Gasteiger partial charge >= 0.3 is 0 Å². The van der Waals surface area contributed by atoms with Gasteiger partial charge in [-0.05, 0) is 60.4 Å². The van der Waals surface area contributed by atoms with Gasteiger partial charge in [0, 0.05) is 34.8 Å². The van der Waals surface area contributed by atoms with Gasteiger partial charge in [0.1, 0.15) is 11.4 Å². The fourth-order valence-corrected chi connectivity index (χ4v) is 4.20. The second kappa shape index (κ2) is 5.92. The monoisotopic (exact) mass is 363 g/mol. The zero-order valence-corrected chi connectivity index (χ0v) is 15.2. The van der Waals surface area contributed by atoms with Gasteiger partial charge in [0.15, 0.2) is 0 Å². The van der Waals surface area contributed by atoms with Crippen LogP contribution in [-0.2, 0) is 0 Å². The zero-order valence-electron chi connectivity index (χ0n) is 15.2. The molecule has 4 nitrogen and oxygen atoms in total. The van der Waals surface area contributed by atoms with Gasteiger partial charge in [0.25, 0.3) is 0 Å². The minimum atomic E-state index is 0.886. The maximum absolute atomic E-state index is 5.67. The Morgan fingerprint density at radius 1 is 0.929 bits per heavy atom. The van der Waals surface area contributed by atoms with Gasteiger partial charge in [-0.25, -0.2) is 4.98 Å². The number of rotatable bonds is 2. The molecule has 0 aliphatic carbocycles. The van der Waals surface area contributed by atoms with E-state index in [9.17, 15) is 0 Å². The van der Waals surface area contributed by atoms with E-state index >= 15 is 0 Å². The summed E-state index contributed by atoms with van der Waals surface area (Å²) in [6.07, 6.45) is 9.55. The molecule has 0 radical (unpaired) electrons. The van der Waals surface area contributed by atoms with Crippen LogP contribution in [0.5, 0.6) is 0 Å². The number of allylic oxidation sites excluding steroid dienone is 1. The number of hydrogen-bond donors (Lipinski definition) is 0. The Kier molecular flexibility index (Phi) is 3.26. The molecule has 134 valence electrons. The molecule has 5 aromatic rings. The summed E-state index contributed by atoms with van der Waals surface area (Å²) >= 11 is 0. The zero-order chi connectivity index (χ0) is 18.5. The Morgan fingerprint density at radius 2 is 1.89 bits per heavy atom.